The van der Waals surface area contributed by atoms with Crippen LogP contribution in [0.3, 0.4) is 0 Å². The van der Waals surface area contributed by atoms with Gasteiger partial charge in [0, 0.05) is 17.3 Å². The third kappa shape index (κ3) is 4.11. The maximum absolute atomic E-state index is 13.9. The van der Waals surface area contributed by atoms with E-state index in [-0.39, 0.29) is 5.69 Å². The first-order chi connectivity index (χ1) is 11.8. The lowest BCUT2D eigenvalue weighted by atomic mass is 10.0. The van der Waals surface area contributed by atoms with Crippen LogP contribution in [0.4, 0.5) is 19.3 Å². The number of aromatic nitrogens is 1. The molecule has 0 spiro atoms. The van der Waals surface area contributed by atoms with Gasteiger partial charge in [-0.05, 0) is 25.5 Å². The second-order valence-electron chi connectivity index (χ2n) is 5.41. The number of esters is 1. The van der Waals surface area contributed by atoms with E-state index in [9.17, 15) is 18.4 Å². The number of carbonyl (C=O) groups is 2. The fraction of sp³-hybridized carbons (Fsp3) is 0.312. The molecular formula is C16H17F2N3O3S. The number of ether oxygens (including phenoxy) is 1. The van der Waals surface area contributed by atoms with E-state index in [2.05, 4.69) is 20.4 Å². The normalized spacial score (nSPS) is 13.0. The molecule has 2 N–H and O–H groups in total. The molecule has 0 aliphatic rings. The summed E-state index contributed by atoms with van der Waals surface area (Å²) in [6.45, 7) is 3.68. The van der Waals surface area contributed by atoms with Gasteiger partial charge in [-0.1, -0.05) is 6.92 Å². The lowest BCUT2D eigenvalue weighted by Gasteiger charge is -2.27. The molecule has 0 saturated heterocycles. The van der Waals surface area contributed by atoms with Crippen LogP contribution in [0.2, 0.25) is 0 Å². The summed E-state index contributed by atoms with van der Waals surface area (Å²) >= 11 is 1.39. The Morgan fingerprint density at radius 3 is 2.44 bits per heavy atom. The number of amides is 2. The van der Waals surface area contributed by atoms with Gasteiger partial charge in [-0.25, -0.2) is 23.4 Å². The number of rotatable bonds is 5. The first kappa shape index (κ1) is 18.8. The van der Waals surface area contributed by atoms with Crippen LogP contribution in [0.15, 0.2) is 23.7 Å². The Hall–Kier alpha value is -2.55. The van der Waals surface area contributed by atoms with Crippen molar-refractivity contribution in [3.63, 3.8) is 0 Å². The maximum atomic E-state index is 13.9. The molecule has 2 aromatic rings. The summed E-state index contributed by atoms with van der Waals surface area (Å²) in [7, 11) is 1.02. The minimum Gasteiger partial charge on any atom is -0.465 e. The summed E-state index contributed by atoms with van der Waals surface area (Å²) in [4.78, 5) is 27.7. The van der Waals surface area contributed by atoms with Crippen molar-refractivity contribution in [2.24, 2.45) is 0 Å². The number of carbonyl (C=O) groups excluding carboxylic acids is 2. The van der Waals surface area contributed by atoms with Crippen molar-refractivity contribution in [3.05, 3.63) is 45.9 Å². The first-order valence-corrected chi connectivity index (χ1v) is 8.25. The number of hydrogen-bond donors (Lipinski definition) is 2. The summed E-state index contributed by atoms with van der Waals surface area (Å²) in [6.07, 6.45) is 2.20. The van der Waals surface area contributed by atoms with Crippen molar-refractivity contribution in [2.75, 3.05) is 12.4 Å². The van der Waals surface area contributed by atoms with E-state index in [1.54, 1.807) is 18.5 Å². The molecule has 1 atom stereocenters. The Bertz CT molecular complexity index is 760. The van der Waals surface area contributed by atoms with E-state index in [4.69, 9.17) is 0 Å². The van der Waals surface area contributed by atoms with Gasteiger partial charge in [0.2, 0.25) is 0 Å². The van der Waals surface area contributed by atoms with Crippen molar-refractivity contribution in [1.82, 2.24) is 10.3 Å². The highest BCUT2D eigenvalue weighted by molar-refractivity contribution is 7.09. The van der Waals surface area contributed by atoms with Gasteiger partial charge in [0.25, 0.3) is 0 Å². The monoisotopic (exact) mass is 369 g/mol. The summed E-state index contributed by atoms with van der Waals surface area (Å²) in [5.41, 5.74) is -1.66. The number of anilines is 1. The van der Waals surface area contributed by atoms with E-state index >= 15 is 0 Å². The highest BCUT2D eigenvalue weighted by atomic mass is 32.1. The molecule has 0 aliphatic heterocycles. The Kier molecular flexibility index (Phi) is 5.68. The van der Waals surface area contributed by atoms with Crippen LogP contribution in [0.1, 0.15) is 35.6 Å². The third-order valence-corrected chi connectivity index (χ3v) is 4.73. The maximum Gasteiger partial charge on any atom is 0.343 e. The average molecular weight is 369 g/mol. The second-order valence-corrected chi connectivity index (χ2v) is 6.30. The number of halogens is 2. The molecule has 0 fully saturated rings. The minimum atomic E-state index is -1.13. The fourth-order valence-electron chi connectivity index (χ4n) is 2.14. The smallest absolute Gasteiger partial charge is 0.343 e. The van der Waals surface area contributed by atoms with Crippen LogP contribution in [0, 0.1) is 11.6 Å². The summed E-state index contributed by atoms with van der Waals surface area (Å²) in [5, 5.41) is 7.60. The first-order valence-electron chi connectivity index (χ1n) is 7.37. The largest absolute Gasteiger partial charge is 0.465 e. The van der Waals surface area contributed by atoms with Crippen molar-refractivity contribution >= 4 is 29.0 Å². The van der Waals surface area contributed by atoms with Crippen LogP contribution in [-0.2, 0) is 10.3 Å². The molecule has 0 bridgehead atoms. The van der Waals surface area contributed by atoms with Gasteiger partial charge < -0.3 is 15.4 Å². The SMILES string of the molecule is CC[C@@](C)(NC(=O)Nc1cc(F)c(C(=O)OC)c(F)c1)c1nccs1. The Morgan fingerprint density at radius 2 is 1.96 bits per heavy atom. The molecule has 0 unspecified atom stereocenters. The highest BCUT2D eigenvalue weighted by Crippen LogP contribution is 2.26. The number of nitrogens with zero attached hydrogens (tertiary/aromatic N) is 1. The summed E-state index contributed by atoms with van der Waals surface area (Å²) in [5.74, 6) is -3.38. The average Bonchev–Trinajstić information content (AvgIpc) is 3.08. The highest BCUT2D eigenvalue weighted by Gasteiger charge is 2.29. The third-order valence-electron chi connectivity index (χ3n) is 3.69. The molecule has 2 rings (SSSR count). The number of urea groups is 1. The predicted molar refractivity (Wildman–Crippen MR) is 89.6 cm³/mol. The van der Waals surface area contributed by atoms with Crippen molar-refractivity contribution < 1.29 is 23.1 Å². The number of thiazole rings is 1. The summed E-state index contributed by atoms with van der Waals surface area (Å²) < 4.78 is 32.1. The van der Waals surface area contributed by atoms with Gasteiger partial charge >= 0.3 is 12.0 Å². The van der Waals surface area contributed by atoms with Crippen LogP contribution < -0.4 is 10.6 Å². The van der Waals surface area contributed by atoms with Crippen LogP contribution in [-0.4, -0.2) is 24.1 Å². The zero-order valence-corrected chi connectivity index (χ0v) is 14.7. The van der Waals surface area contributed by atoms with Crippen LogP contribution >= 0.6 is 11.3 Å². The second kappa shape index (κ2) is 7.56. The lowest BCUT2D eigenvalue weighted by molar-refractivity contribution is 0.0590. The van der Waals surface area contributed by atoms with E-state index in [0.717, 1.165) is 19.2 Å². The molecular weight excluding hydrogens is 352 g/mol. The van der Waals surface area contributed by atoms with E-state index in [0.29, 0.717) is 11.4 Å². The number of hydrogen-bond acceptors (Lipinski definition) is 5. The molecule has 1 heterocycles. The molecule has 134 valence electrons. The molecule has 2 amide bonds. The molecule has 1 aromatic heterocycles. The van der Waals surface area contributed by atoms with E-state index < -0.39 is 34.7 Å². The Labute approximate surface area is 147 Å². The molecule has 0 radical (unpaired) electrons. The molecule has 9 heteroatoms. The number of methoxy groups -OCH3 is 1. The van der Waals surface area contributed by atoms with Gasteiger partial charge in [0.1, 0.15) is 22.2 Å². The lowest BCUT2D eigenvalue weighted by Crippen LogP contribution is -2.45. The molecule has 0 aliphatic carbocycles. The van der Waals surface area contributed by atoms with Gasteiger partial charge in [-0.15, -0.1) is 11.3 Å². The predicted octanol–water partition coefficient (Wildman–Crippen LogP) is 3.65. The van der Waals surface area contributed by atoms with E-state index in [1.165, 1.54) is 11.3 Å². The number of benzene rings is 1. The topological polar surface area (TPSA) is 80.3 Å². The minimum absolute atomic E-state index is 0.127. The quantitative estimate of drug-likeness (QED) is 0.789. The van der Waals surface area contributed by atoms with Crippen molar-refractivity contribution in [1.29, 1.82) is 0 Å². The molecule has 0 saturated carbocycles. The zero-order valence-electron chi connectivity index (χ0n) is 13.9. The molecule has 6 nitrogen and oxygen atoms in total. The van der Waals surface area contributed by atoms with Gasteiger partial charge in [0.15, 0.2) is 0 Å². The standard InChI is InChI=1S/C16H17F2N3O3S/c1-4-16(2,14-19-5-6-25-14)21-15(23)20-9-7-10(17)12(11(18)8-9)13(22)24-3/h5-8H,4H2,1-3H3,(H2,20,21,23)/t16-/m1/s1. The van der Waals surface area contributed by atoms with E-state index in [1.807, 2.05) is 6.92 Å². The Morgan fingerprint density at radius 1 is 1.32 bits per heavy atom. The van der Waals surface area contributed by atoms with Crippen molar-refractivity contribution in [3.8, 4) is 0 Å². The Balaban J connectivity index is 2.17. The van der Waals surface area contributed by atoms with Crippen LogP contribution in [0.25, 0.3) is 0 Å². The summed E-state index contributed by atoms with van der Waals surface area (Å²) in [6, 6.07) is 1.05. The fourth-order valence-corrected chi connectivity index (χ4v) is 2.97. The van der Waals surface area contributed by atoms with Gasteiger partial charge in [-0.2, -0.15) is 0 Å². The van der Waals surface area contributed by atoms with Crippen molar-refractivity contribution in [2.45, 2.75) is 25.8 Å². The zero-order chi connectivity index (χ0) is 18.6. The molecule has 25 heavy (non-hydrogen) atoms. The molecule has 1 aromatic carbocycles. The van der Waals surface area contributed by atoms with Crippen LogP contribution in [0.5, 0.6) is 0 Å². The van der Waals surface area contributed by atoms with Gasteiger partial charge in [-0.3, -0.25) is 0 Å². The van der Waals surface area contributed by atoms with Gasteiger partial charge in [0.05, 0.1) is 12.6 Å². The number of nitrogens with one attached hydrogen (secondary N) is 2.